The Morgan fingerprint density at radius 2 is 0.960 bits per heavy atom. The molecule has 0 aliphatic carbocycles. The van der Waals surface area contributed by atoms with E-state index in [2.05, 4.69) is 66.7 Å². The van der Waals surface area contributed by atoms with Crippen LogP contribution in [0.5, 0.6) is 0 Å². The van der Waals surface area contributed by atoms with Crippen LogP contribution in [0.1, 0.15) is 0 Å². The van der Waals surface area contributed by atoms with Crippen molar-refractivity contribution in [2.45, 2.75) is 0 Å². The minimum Gasteiger partial charge on any atom is -0.435 e. The summed E-state index contributed by atoms with van der Waals surface area (Å²) in [6.07, 6.45) is 0. The molecule has 0 spiro atoms. The van der Waals surface area contributed by atoms with Crippen molar-refractivity contribution in [1.29, 1.82) is 0 Å². The summed E-state index contributed by atoms with van der Waals surface area (Å²) < 4.78 is 9.22. The average Bonchev–Trinajstić information content (AvgIpc) is 3.81. The van der Waals surface area contributed by atoms with Crippen molar-refractivity contribution in [2.24, 2.45) is 0 Å². The number of hydrogen-bond acceptors (Lipinski definition) is 6. The predicted molar refractivity (Wildman–Crippen MR) is 205 cm³/mol. The molecule has 0 saturated heterocycles. The Bertz CT molecular complexity index is 2790. The molecule has 0 radical (unpaired) electrons. The number of hydrogen-bond donors (Lipinski definition) is 0. The first kappa shape index (κ1) is 28.5. The summed E-state index contributed by atoms with van der Waals surface area (Å²) >= 11 is 1.81. The first-order chi connectivity index (χ1) is 24.8. The maximum absolute atomic E-state index is 6.73. The normalized spacial score (nSPS) is 11.6. The van der Waals surface area contributed by atoms with Gasteiger partial charge in [-0.2, -0.15) is 0 Å². The van der Waals surface area contributed by atoms with Crippen LogP contribution in [-0.2, 0) is 0 Å². The van der Waals surface area contributed by atoms with Gasteiger partial charge in [-0.05, 0) is 41.3 Å². The molecule has 10 aromatic rings. The molecule has 10 rings (SSSR count). The van der Waals surface area contributed by atoms with Gasteiger partial charge >= 0.3 is 0 Å². The van der Waals surface area contributed by atoms with Crippen LogP contribution in [0.4, 0.5) is 0 Å². The molecule has 0 amide bonds. The van der Waals surface area contributed by atoms with Crippen molar-refractivity contribution in [2.75, 3.05) is 0 Å². The largest absolute Gasteiger partial charge is 0.435 e. The summed E-state index contributed by atoms with van der Waals surface area (Å²) in [7, 11) is 0. The summed E-state index contributed by atoms with van der Waals surface area (Å²) in [6, 6.07) is 53.9. The van der Waals surface area contributed by atoms with Crippen LogP contribution in [0.25, 0.3) is 98.8 Å². The average molecular weight is 659 g/mol. The molecule has 7 aromatic carbocycles. The molecule has 0 unspecified atom stereocenters. The second kappa shape index (κ2) is 11.6. The van der Waals surface area contributed by atoms with Crippen molar-refractivity contribution in [3.8, 4) is 56.7 Å². The molecule has 0 bridgehead atoms. The van der Waals surface area contributed by atoms with Crippen molar-refractivity contribution < 1.29 is 4.42 Å². The Labute approximate surface area is 291 Å². The zero-order valence-corrected chi connectivity index (χ0v) is 27.4. The number of nitrogens with zero attached hydrogens (tertiary/aromatic N) is 4. The second-order valence-electron chi connectivity index (χ2n) is 12.2. The number of oxazole rings is 1. The van der Waals surface area contributed by atoms with Gasteiger partial charge in [-0.3, -0.25) is 0 Å². The number of fused-ring (bicyclic) bond motifs is 7. The molecule has 0 atom stereocenters. The van der Waals surface area contributed by atoms with E-state index in [1.165, 1.54) is 20.2 Å². The molecule has 50 heavy (non-hydrogen) atoms. The monoisotopic (exact) mass is 658 g/mol. The van der Waals surface area contributed by atoms with Gasteiger partial charge in [0, 0.05) is 53.4 Å². The maximum atomic E-state index is 6.73. The lowest BCUT2D eigenvalue weighted by Crippen LogP contribution is -2.00. The Morgan fingerprint density at radius 1 is 0.420 bits per heavy atom. The smallest absolute Gasteiger partial charge is 0.227 e. The molecule has 0 aliphatic rings. The lowest BCUT2D eigenvalue weighted by Gasteiger charge is -2.10. The van der Waals surface area contributed by atoms with Crippen LogP contribution >= 0.6 is 11.3 Å². The minimum absolute atomic E-state index is 0.606. The number of aromatic nitrogens is 4. The number of thiophene rings is 1. The van der Waals surface area contributed by atoms with Crippen LogP contribution in [-0.4, -0.2) is 19.9 Å². The summed E-state index contributed by atoms with van der Waals surface area (Å²) in [5.41, 5.74) is 7.40. The molecule has 6 heteroatoms. The lowest BCUT2D eigenvalue weighted by molar-refractivity contribution is 0.623. The maximum Gasteiger partial charge on any atom is 0.227 e. The molecule has 0 saturated carbocycles. The second-order valence-corrected chi connectivity index (χ2v) is 13.3. The SMILES string of the molecule is c1ccc(-c2nc(-c3ccccc3)nc(-c3ccc(-c4cc5ccc6sc7ccccc7c6c5c5oc(-c6ccccc6)nc45)cc3)n2)cc1. The summed E-state index contributed by atoms with van der Waals surface area (Å²) in [5.74, 6) is 2.50. The van der Waals surface area contributed by atoms with Crippen LogP contribution in [0.15, 0.2) is 162 Å². The number of benzene rings is 7. The molecule has 0 N–H and O–H groups in total. The van der Waals surface area contributed by atoms with Gasteiger partial charge < -0.3 is 4.42 Å². The third-order valence-electron chi connectivity index (χ3n) is 9.16. The Hall–Kier alpha value is -6.50. The Morgan fingerprint density at radius 3 is 1.60 bits per heavy atom. The topological polar surface area (TPSA) is 64.7 Å². The summed E-state index contributed by atoms with van der Waals surface area (Å²) in [4.78, 5) is 19.9. The molecular formula is C44H26N4OS. The zero-order chi connectivity index (χ0) is 33.0. The van der Waals surface area contributed by atoms with E-state index in [0.717, 1.165) is 55.3 Å². The first-order valence-electron chi connectivity index (χ1n) is 16.5. The molecule has 0 fully saturated rings. The van der Waals surface area contributed by atoms with Gasteiger partial charge in [-0.15, -0.1) is 11.3 Å². The third kappa shape index (κ3) is 4.77. The van der Waals surface area contributed by atoms with E-state index < -0.39 is 0 Å². The van der Waals surface area contributed by atoms with Gasteiger partial charge in [0.15, 0.2) is 23.1 Å². The van der Waals surface area contributed by atoms with Crippen molar-refractivity contribution in [1.82, 2.24) is 19.9 Å². The predicted octanol–water partition coefficient (Wildman–Crippen LogP) is 11.9. The highest BCUT2D eigenvalue weighted by atomic mass is 32.1. The van der Waals surface area contributed by atoms with Crippen LogP contribution in [0.2, 0.25) is 0 Å². The molecule has 3 aromatic heterocycles. The van der Waals surface area contributed by atoms with E-state index in [4.69, 9.17) is 24.4 Å². The Kier molecular flexibility index (Phi) is 6.60. The van der Waals surface area contributed by atoms with Crippen LogP contribution < -0.4 is 0 Å². The molecule has 0 aliphatic heterocycles. The first-order valence-corrected chi connectivity index (χ1v) is 17.3. The zero-order valence-electron chi connectivity index (χ0n) is 26.6. The van der Waals surface area contributed by atoms with Crippen molar-refractivity contribution >= 4 is 53.4 Å². The Balaban J connectivity index is 1.16. The third-order valence-corrected chi connectivity index (χ3v) is 10.3. The standard InChI is InChI=1S/C44H26N4OS/c1-4-12-28(13-5-1)41-46-42(29-14-6-2-7-15-29)48-43(47-41)30-22-20-27(21-23-30)34-26-32-24-25-36-38(33-18-10-11-19-35(33)50-36)37(32)40-39(34)45-44(49-40)31-16-8-3-9-17-31/h1-26H. The van der Waals surface area contributed by atoms with E-state index in [-0.39, 0.29) is 0 Å². The van der Waals surface area contributed by atoms with E-state index in [9.17, 15) is 0 Å². The fourth-order valence-corrected chi connectivity index (χ4v) is 7.87. The lowest BCUT2D eigenvalue weighted by atomic mass is 9.96. The fourth-order valence-electron chi connectivity index (χ4n) is 6.75. The minimum atomic E-state index is 0.606. The summed E-state index contributed by atoms with van der Waals surface area (Å²) in [6.45, 7) is 0. The van der Waals surface area contributed by atoms with Crippen molar-refractivity contribution in [3.05, 3.63) is 158 Å². The quantitative estimate of drug-likeness (QED) is 0.184. The highest BCUT2D eigenvalue weighted by Gasteiger charge is 2.21. The molecule has 5 nitrogen and oxygen atoms in total. The summed E-state index contributed by atoms with van der Waals surface area (Å²) in [5, 5.41) is 4.65. The van der Waals surface area contributed by atoms with Gasteiger partial charge in [0.1, 0.15) is 5.52 Å². The van der Waals surface area contributed by atoms with Gasteiger partial charge in [0.25, 0.3) is 0 Å². The van der Waals surface area contributed by atoms with Gasteiger partial charge in [-0.25, -0.2) is 19.9 Å². The highest BCUT2D eigenvalue weighted by Crippen LogP contribution is 2.44. The highest BCUT2D eigenvalue weighted by molar-refractivity contribution is 7.26. The van der Waals surface area contributed by atoms with Gasteiger partial charge in [-0.1, -0.05) is 127 Å². The number of rotatable bonds is 5. The van der Waals surface area contributed by atoms with Crippen LogP contribution in [0, 0.1) is 0 Å². The van der Waals surface area contributed by atoms with Crippen molar-refractivity contribution in [3.63, 3.8) is 0 Å². The van der Waals surface area contributed by atoms with Gasteiger partial charge in [0.05, 0.1) is 0 Å². The molecular weight excluding hydrogens is 633 g/mol. The molecule has 3 heterocycles. The fraction of sp³-hybridized carbons (Fsp3) is 0. The van der Waals surface area contributed by atoms with E-state index in [1.54, 1.807) is 0 Å². The van der Waals surface area contributed by atoms with E-state index in [0.29, 0.717) is 23.4 Å². The molecule has 234 valence electrons. The van der Waals surface area contributed by atoms with Crippen LogP contribution in [0.3, 0.4) is 0 Å². The van der Waals surface area contributed by atoms with E-state index in [1.807, 2.05) is 102 Å². The van der Waals surface area contributed by atoms with E-state index >= 15 is 0 Å². The van der Waals surface area contributed by atoms with Gasteiger partial charge in [0.2, 0.25) is 5.89 Å².